The van der Waals surface area contributed by atoms with Crippen molar-refractivity contribution in [2.75, 3.05) is 11.4 Å². The third-order valence-electron chi connectivity index (χ3n) is 4.79. The highest BCUT2D eigenvalue weighted by Crippen LogP contribution is 2.51. The van der Waals surface area contributed by atoms with Crippen LogP contribution in [-0.4, -0.2) is 12.6 Å². The van der Waals surface area contributed by atoms with E-state index >= 15 is 0 Å². The molecule has 3 heteroatoms. The van der Waals surface area contributed by atoms with Gasteiger partial charge in [-0.05, 0) is 30.9 Å². The van der Waals surface area contributed by atoms with Crippen LogP contribution in [0.5, 0.6) is 0 Å². The molecule has 0 aromatic heterocycles. The van der Waals surface area contributed by atoms with Crippen LogP contribution in [0.2, 0.25) is 0 Å². The zero-order chi connectivity index (χ0) is 13.5. The number of para-hydroxylation sites is 1. The lowest BCUT2D eigenvalue weighted by Crippen LogP contribution is -2.55. The first-order chi connectivity index (χ1) is 9.24. The molecule has 2 aliphatic heterocycles. The molecule has 0 radical (unpaired) electrons. The average molecular weight is 251 g/mol. The average Bonchev–Trinajstić information content (AvgIpc) is 2.49. The number of anilines is 1. The number of rotatable bonds is 0. The molecule has 0 bridgehead atoms. The van der Waals surface area contributed by atoms with Gasteiger partial charge >= 0.3 is 0 Å². The Morgan fingerprint density at radius 3 is 2.68 bits per heavy atom. The van der Waals surface area contributed by atoms with Gasteiger partial charge in [0.2, 0.25) is 0 Å². The van der Waals surface area contributed by atoms with Gasteiger partial charge in [0.1, 0.15) is 0 Å². The first-order valence-electron chi connectivity index (χ1n) is 6.92. The predicted molar refractivity (Wildman–Crippen MR) is 73.5 cm³/mol. The summed E-state index contributed by atoms with van der Waals surface area (Å²) in [5.41, 5.74) is 1.46. The Hall–Kier alpha value is -2.00. The van der Waals surface area contributed by atoms with E-state index in [9.17, 15) is 10.5 Å². The molecule has 1 fully saturated rings. The summed E-state index contributed by atoms with van der Waals surface area (Å²) in [4.78, 5) is 2.30. The fourth-order valence-corrected chi connectivity index (χ4v) is 3.71. The largest absolute Gasteiger partial charge is 0.366 e. The number of nitrogens with zero attached hydrogens (tertiary/aromatic N) is 3. The molecule has 2 aliphatic rings. The van der Waals surface area contributed by atoms with Gasteiger partial charge in [0, 0.05) is 18.2 Å². The van der Waals surface area contributed by atoms with Crippen LogP contribution in [0.3, 0.4) is 0 Å². The van der Waals surface area contributed by atoms with Gasteiger partial charge in [-0.15, -0.1) is 0 Å². The normalized spacial score (nSPS) is 27.6. The van der Waals surface area contributed by atoms with Gasteiger partial charge in [-0.3, -0.25) is 0 Å². The summed E-state index contributed by atoms with van der Waals surface area (Å²) in [5, 5.41) is 19.4. The molecule has 1 aromatic rings. The van der Waals surface area contributed by atoms with Crippen molar-refractivity contribution in [3.63, 3.8) is 0 Å². The number of nitriles is 2. The van der Waals surface area contributed by atoms with Gasteiger partial charge in [0.15, 0.2) is 5.41 Å². The van der Waals surface area contributed by atoms with Crippen LogP contribution in [-0.2, 0) is 0 Å². The molecule has 2 heterocycles. The zero-order valence-electron chi connectivity index (χ0n) is 11.1. The summed E-state index contributed by atoms with van der Waals surface area (Å²) in [6.45, 7) is 2.98. The standard InChI is InChI=1S/C16H17N3/c1-12-13-6-2-3-7-14(13)19-9-5-4-8-15(19)16(12,10-17)11-18/h2-3,6-7,12,15H,4-5,8-9H2,1H3/t12-,15-/m1/s1. The van der Waals surface area contributed by atoms with Crippen molar-refractivity contribution in [3.05, 3.63) is 29.8 Å². The van der Waals surface area contributed by atoms with E-state index in [0.29, 0.717) is 0 Å². The third kappa shape index (κ3) is 1.48. The first-order valence-corrected chi connectivity index (χ1v) is 6.92. The molecule has 0 spiro atoms. The quantitative estimate of drug-likeness (QED) is 0.711. The summed E-state index contributed by atoms with van der Waals surface area (Å²) < 4.78 is 0. The van der Waals surface area contributed by atoms with Crippen molar-refractivity contribution >= 4 is 5.69 Å². The molecular weight excluding hydrogens is 234 g/mol. The minimum atomic E-state index is -0.908. The molecule has 1 saturated heterocycles. The molecule has 19 heavy (non-hydrogen) atoms. The van der Waals surface area contributed by atoms with Crippen LogP contribution in [0.25, 0.3) is 0 Å². The van der Waals surface area contributed by atoms with Crippen LogP contribution in [0.15, 0.2) is 24.3 Å². The summed E-state index contributed by atoms with van der Waals surface area (Å²) in [7, 11) is 0. The fourth-order valence-electron chi connectivity index (χ4n) is 3.71. The smallest absolute Gasteiger partial charge is 0.170 e. The van der Waals surface area contributed by atoms with E-state index in [-0.39, 0.29) is 12.0 Å². The van der Waals surface area contributed by atoms with Crippen molar-refractivity contribution in [2.45, 2.75) is 38.1 Å². The molecule has 1 aromatic carbocycles. The van der Waals surface area contributed by atoms with Crippen LogP contribution in [0.1, 0.15) is 37.7 Å². The summed E-state index contributed by atoms with van der Waals surface area (Å²) in [6, 6.07) is 13.0. The molecule has 0 N–H and O–H groups in total. The van der Waals surface area contributed by atoms with Gasteiger partial charge in [-0.1, -0.05) is 25.1 Å². The lowest BCUT2D eigenvalue weighted by atomic mass is 9.64. The summed E-state index contributed by atoms with van der Waals surface area (Å²) in [5.74, 6) is -0.0296. The van der Waals surface area contributed by atoms with Gasteiger partial charge in [0.25, 0.3) is 0 Å². The van der Waals surface area contributed by atoms with E-state index in [1.807, 2.05) is 19.1 Å². The minimum absolute atomic E-state index is 0.0296. The Balaban J connectivity index is 2.22. The third-order valence-corrected chi connectivity index (χ3v) is 4.79. The second kappa shape index (κ2) is 4.28. The minimum Gasteiger partial charge on any atom is -0.366 e. The lowest BCUT2D eigenvalue weighted by molar-refractivity contribution is 0.270. The number of hydrogen-bond donors (Lipinski definition) is 0. The highest BCUT2D eigenvalue weighted by Gasteiger charge is 2.52. The highest BCUT2D eigenvalue weighted by molar-refractivity contribution is 5.62. The van der Waals surface area contributed by atoms with Gasteiger partial charge in [-0.25, -0.2) is 0 Å². The lowest BCUT2D eigenvalue weighted by Gasteiger charge is -2.50. The van der Waals surface area contributed by atoms with E-state index in [4.69, 9.17) is 0 Å². The van der Waals surface area contributed by atoms with Crippen molar-refractivity contribution in [2.24, 2.45) is 5.41 Å². The van der Waals surface area contributed by atoms with Crippen LogP contribution in [0, 0.1) is 28.1 Å². The zero-order valence-corrected chi connectivity index (χ0v) is 11.1. The molecular formula is C16H17N3. The second-order valence-electron chi connectivity index (χ2n) is 5.58. The maximum Gasteiger partial charge on any atom is 0.170 e. The maximum absolute atomic E-state index is 9.68. The fraction of sp³-hybridized carbons (Fsp3) is 0.500. The van der Waals surface area contributed by atoms with Gasteiger partial charge in [-0.2, -0.15) is 10.5 Å². The molecule has 0 aliphatic carbocycles. The Morgan fingerprint density at radius 2 is 1.95 bits per heavy atom. The molecule has 0 unspecified atom stereocenters. The predicted octanol–water partition coefficient (Wildman–Crippen LogP) is 3.20. The Kier molecular flexibility index (Phi) is 2.72. The monoisotopic (exact) mass is 251 g/mol. The number of hydrogen-bond acceptors (Lipinski definition) is 3. The van der Waals surface area contributed by atoms with E-state index in [0.717, 1.165) is 31.4 Å². The van der Waals surface area contributed by atoms with Gasteiger partial charge in [0.05, 0.1) is 18.2 Å². The molecule has 96 valence electrons. The maximum atomic E-state index is 9.68. The highest BCUT2D eigenvalue weighted by atomic mass is 15.2. The van der Waals surface area contributed by atoms with Gasteiger partial charge < -0.3 is 4.90 Å². The first kappa shape index (κ1) is 12.1. The molecule has 3 nitrogen and oxygen atoms in total. The Morgan fingerprint density at radius 1 is 1.21 bits per heavy atom. The van der Waals surface area contributed by atoms with Crippen molar-refractivity contribution in [1.82, 2.24) is 0 Å². The van der Waals surface area contributed by atoms with Crippen molar-refractivity contribution in [1.29, 1.82) is 10.5 Å². The SMILES string of the molecule is C[C@@H]1c2ccccc2N2CCCC[C@@H]2C1(C#N)C#N. The number of fused-ring (bicyclic) bond motifs is 3. The van der Waals surface area contributed by atoms with Crippen molar-refractivity contribution in [3.8, 4) is 12.1 Å². The van der Waals surface area contributed by atoms with Crippen LogP contribution in [0.4, 0.5) is 5.69 Å². The second-order valence-corrected chi connectivity index (χ2v) is 5.58. The number of benzene rings is 1. The van der Waals surface area contributed by atoms with E-state index in [1.54, 1.807) is 0 Å². The topological polar surface area (TPSA) is 50.8 Å². The van der Waals surface area contributed by atoms with Crippen LogP contribution >= 0.6 is 0 Å². The van der Waals surface area contributed by atoms with E-state index < -0.39 is 5.41 Å². The number of piperidine rings is 1. The summed E-state index contributed by atoms with van der Waals surface area (Å²) >= 11 is 0. The molecule has 0 amide bonds. The summed E-state index contributed by atoms with van der Waals surface area (Å²) in [6.07, 6.45) is 3.20. The Labute approximate surface area is 114 Å². The van der Waals surface area contributed by atoms with E-state index in [2.05, 4.69) is 29.2 Å². The van der Waals surface area contributed by atoms with Crippen LogP contribution < -0.4 is 4.90 Å². The molecule has 3 rings (SSSR count). The Bertz CT molecular complexity index is 564. The molecule has 2 atom stereocenters. The molecule has 0 saturated carbocycles. The van der Waals surface area contributed by atoms with E-state index in [1.165, 1.54) is 5.69 Å². The van der Waals surface area contributed by atoms with Crippen molar-refractivity contribution < 1.29 is 0 Å².